The SMILES string of the molecule is Cc1cc(Cl)ccc1C1C(c2cccc(Cl)c2F)NC(C2CCC(O)CC2)C1C(C)C. The second-order valence-corrected chi connectivity index (χ2v) is 10.6. The molecule has 31 heavy (non-hydrogen) atoms. The number of hydrogen-bond donors (Lipinski definition) is 2. The van der Waals surface area contributed by atoms with Gasteiger partial charge in [0.1, 0.15) is 5.82 Å². The summed E-state index contributed by atoms with van der Waals surface area (Å²) in [7, 11) is 0. The van der Waals surface area contributed by atoms with Gasteiger partial charge in [0.25, 0.3) is 0 Å². The summed E-state index contributed by atoms with van der Waals surface area (Å²) in [6.07, 6.45) is 3.49. The second kappa shape index (κ2) is 9.39. The lowest BCUT2D eigenvalue weighted by atomic mass is 9.69. The lowest BCUT2D eigenvalue weighted by Gasteiger charge is -2.36. The fourth-order valence-corrected chi connectivity index (χ4v) is 6.46. The molecular formula is C26H32Cl2FNO. The molecule has 168 valence electrons. The van der Waals surface area contributed by atoms with E-state index < -0.39 is 0 Å². The van der Waals surface area contributed by atoms with Crippen LogP contribution in [0.1, 0.15) is 68.2 Å². The van der Waals surface area contributed by atoms with Crippen LogP contribution in [0.4, 0.5) is 4.39 Å². The Balaban J connectivity index is 1.81. The Morgan fingerprint density at radius 2 is 1.74 bits per heavy atom. The highest BCUT2D eigenvalue weighted by Gasteiger charge is 2.49. The van der Waals surface area contributed by atoms with E-state index in [9.17, 15) is 5.11 Å². The van der Waals surface area contributed by atoms with Gasteiger partial charge in [0.2, 0.25) is 0 Å². The van der Waals surface area contributed by atoms with E-state index >= 15 is 4.39 Å². The Morgan fingerprint density at radius 1 is 1.03 bits per heavy atom. The molecule has 1 saturated heterocycles. The molecule has 2 aliphatic rings. The molecule has 0 radical (unpaired) electrons. The van der Waals surface area contributed by atoms with Crippen LogP contribution in [0, 0.1) is 30.5 Å². The average molecular weight is 464 g/mol. The van der Waals surface area contributed by atoms with E-state index in [-0.39, 0.29) is 34.9 Å². The van der Waals surface area contributed by atoms with Crippen molar-refractivity contribution in [2.45, 2.75) is 70.6 Å². The third-order valence-electron chi connectivity index (χ3n) is 7.49. The van der Waals surface area contributed by atoms with Crippen molar-refractivity contribution < 1.29 is 9.50 Å². The van der Waals surface area contributed by atoms with Gasteiger partial charge in [0, 0.05) is 28.6 Å². The van der Waals surface area contributed by atoms with Gasteiger partial charge in [-0.2, -0.15) is 0 Å². The van der Waals surface area contributed by atoms with Gasteiger partial charge in [-0.1, -0.05) is 55.2 Å². The van der Waals surface area contributed by atoms with Crippen LogP contribution in [0.25, 0.3) is 0 Å². The van der Waals surface area contributed by atoms with Crippen molar-refractivity contribution in [1.29, 1.82) is 0 Å². The van der Waals surface area contributed by atoms with Crippen molar-refractivity contribution in [2.75, 3.05) is 0 Å². The number of aliphatic hydroxyl groups is 1. The van der Waals surface area contributed by atoms with Crippen LogP contribution in [0.5, 0.6) is 0 Å². The first kappa shape index (κ1) is 23.0. The Kier molecular flexibility index (Phi) is 6.98. The molecule has 1 aliphatic heterocycles. The smallest absolute Gasteiger partial charge is 0.146 e. The largest absolute Gasteiger partial charge is 0.393 e. The zero-order chi connectivity index (χ0) is 22.3. The third kappa shape index (κ3) is 4.53. The van der Waals surface area contributed by atoms with E-state index in [1.54, 1.807) is 6.07 Å². The lowest BCUT2D eigenvalue weighted by Crippen LogP contribution is -2.40. The van der Waals surface area contributed by atoms with Gasteiger partial charge in [-0.25, -0.2) is 4.39 Å². The van der Waals surface area contributed by atoms with Gasteiger partial charge in [0.15, 0.2) is 0 Å². The molecule has 2 nitrogen and oxygen atoms in total. The number of halogens is 3. The molecular weight excluding hydrogens is 432 g/mol. The summed E-state index contributed by atoms with van der Waals surface area (Å²) in [5.41, 5.74) is 2.99. The second-order valence-electron chi connectivity index (χ2n) is 9.73. The van der Waals surface area contributed by atoms with Crippen molar-refractivity contribution in [3.8, 4) is 0 Å². The first-order valence-corrected chi connectivity index (χ1v) is 12.2. The average Bonchev–Trinajstić information content (AvgIpc) is 3.11. The topological polar surface area (TPSA) is 32.3 Å². The molecule has 0 spiro atoms. The molecule has 4 rings (SSSR count). The summed E-state index contributed by atoms with van der Waals surface area (Å²) in [6.45, 7) is 6.63. The molecule has 5 heteroatoms. The zero-order valence-corrected chi connectivity index (χ0v) is 19.9. The van der Waals surface area contributed by atoms with Crippen molar-refractivity contribution >= 4 is 23.2 Å². The molecule has 0 amide bonds. The van der Waals surface area contributed by atoms with E-state index in [1.165, 1.54) is 5.56 Å². The van der Waals surface area contributed by atoms with Crippen molar-refractivity contribution in [2.24, 2.45) is 17.8 Å². The van der Waals surface area contributed by atoms with E-state index in [0.29, 0.717) is 23.3 Å². The maximum atomic E-state index is 15.2. The molecule has 4 unspecified atom stereocenters. The lowest BCUT2D eigenvalue weighted by molar-refractivity contribution is 0.0886. The van der Waals surface area contributed by atoms with Crippen molar-refractivity contribution in [3.63, 3.8) is 0 Å². The quantitative estimate of drug-likeness (QED) is 0.508. The standard InChI is InChI=1S/C26H32Cl2FNO/c1-14(2)22-23(19-12-9-17(27)13-15(19)3)26(20-5-4-6-21(28)24(20)29)30-25(22)16-7-10-18(31)11-8-16/h4-6,9,12-14,16,18,22-23,25-26,30-31H,7-8,10-11H2,1-3H3. The highest BCUT2D eigenvalue weighted by atomic mass is 35.5. The molecule has 0 aromatic heterocycles. The van der Waals surface area contributed by atoms with Crippen molar-refractivity contribution in [3.05, 3.63) is 69.0 Å². The highest BCUT2D eigenvalue weighted by molar-refractivity contribution is 6.31. The van der Waals surface area contributed by atoms with Crippen LogP contribution in [-0.2, 0) is 0 Å². The Hall–Kier alpha value is -1.13. The van der Waals surface area contributed by atoms with E-state index in [0.717, 1.165) is 36.3 Å². The molecule has 2 fully saturated rings. The zero-order valence-electron chi connectivity index (χ0n) is 18.4. The van der Waals surface area contributed by atoms with Crippen LogP contribution in [0.2, 0.25) is 10.0 Å². The molecule has 1 aliphatic carbocycles. The van der Waals surface area contributed by atoms with E-state index in [1.807, 2.05) is 24.3 Å². The summed E-state index contributed by atoms with van der Waals surface area (Å²) in [5, 5.41) is 14.8. The van der Waals surface area contributed by atoms with Gasteiger partial charge < -0.3 is 10.4 Å². The van der Waals surface area contributed by atoms with Crippen LogP contribution in [-0.4, -0.2) is 17.3 Å². The Bertz CT molecular complexity index is 926. The fourth-order valence-electron chi connectivity index (χ4n) is 6.05. The summed E-state index contributed by atoms with van der Waals surface area (Å²) >= 11 is 12.5. The fraction of sp³-hybridized carbons (Fsp3) is 0.538. The van der Waals surface area contributed by atoms with Gasteiger partial charge >= 0.3 is 0 Å². The van der Waals surface area contributed by atoms with Crippen LogP contribution >= 0.6 is 23.2 Å². The summed E-state index contributed by atoms with van der Waals surface area (Å²) in [6, 6.07) is 11.5. The maximum Gasteiger partial charge on any atom is 0.146 e. The minimum absolute atomic E-state index is 0.113. The predicted octanol–water partition coefficient (Wildman–Crippen LogP) is 7.06. The molecule has 2 aromatic rings. The van der Waals surface area contributed by atoms with E-state index in [4.69, 9.17) is 23.2 Å². The maximum absolute atomic E-state index is 15.2. The minimum atomic E-state index is -0.333. The monoisotopic (exact) mass is 463 g/mol. The summed E-state index contributed by atoms with van der Waals surface area (Å²) in [5.74, 6) is 1.00. The normalized spacial score (nSPS) is 31.4. The van der Waals surface area contributed by atoms with Gasteiger partial charge in [-0.3, -0.25) is 0 Å². The molecule has 0 bridgehead atoms. The summed E-state index contributed by atoms with van der Waals surface area (Å²) in [4.78, 5) is 0. The first-order valence-electron chi connectivity index (χ1n) is 11.4. The van der Waals surface area contributed by atoms with Gasteiger partial charge in [-0.15, -0.1) is 0 Å². The highest BCUT2D eigenvalue weighted by Crippen LogP contribution is 2.52. The Morgan fingerprint density at radius 3 is 2.39 bits per heavy atom. The van der Waals surface area contributed by atoms with Gasteiger partial charge in [-0.05, 0) is 79.7 Å². The molecule has 2 N–H and O–H groups in total. The molecule has 1 heterocycles. The number of benzene rings is 2. The number of hydrogen-bond acceptors (Lipinski definition) is 2. The first-order chi connectivity index (χ1) is 14.8. The molecule has 2 aromatic carbocycles. The number of aryl methyl sites for hydroxylation is 1. The summed E-state index contributed by atoms with van der Waals surface area (Å²) < 4.78 is 15.2. The number of nitrogens with one attached hydrogen (secondary N) is 1. The minimum Gasteiger partial charge on any atom is -0.393 e. The Labute approximate surface area is 195 Å². The van der Waals surface area contributed by atoms with Crippen LogP contribution < -0.4 is 5.32 Å². The molecule has 4 atom stereocenters. The van der Waals surface area contributed by atoms with Crippen LogP contribution in [0.15, 0.2) is 36.4 Å². The predicted molar refractivity (Wildman–Crippen MR) is 126 cm³/mol. The number of rotatable bonds is 4. The molecule has 1 saturated carbocycles. The third-order valence-corrected chi connectivity index (χ3v) is 8.01. The van der Waals surface area contributed by atoms with E-state index in [2.05, 4.69) is 32.2 Å². The van der Waals surface area contributed by atoms with Crippen molar-refractivity contribution in [1.82, 2.24) is 5.32 Å². The van der Waals surface area contributed by atoms with Crippen LogP contribution in [0.3, 0.4) is 0 Å². The van der Waals surface area contributed by atoms with Gasteiger partial charge in [0.05, 0.1) is 11.1 Å². The number of aliphatic hydroxyl groups excluding tert-OH is 1.